The van der Waals surface area contributed by atoms with E-state index in [4.69, 9.17) is 19.2 Å². The quantitative estimate of drug-likeness (QED) is 0.726. The second kappa shape index (κ2) is 6.67. The van der Waals surface area contributed by atoms with Gasteiger partial charge in [-0.3, -0.25) is 0 Å². The predicted octanol–water partition coefficient (Wildman–Crippen LogP) is 4.07. The molecule has 0 aliphatic carbocycles. The summed E-state index contributed by atoms with van der Waals surface area (Å²) >= 11 is 3.45. The van der Waals surface area contributed by atoms with Crippen LogP contribution >= 0.6 is 15.9 Å². The average Bonchev–Trinajstić information content (AvgIpc) is 3.30. The van der Waals surface area contributed by atoms with Crippen molar-refractivity contribution >= 4 is 21.8 Å². The molecule has 1 saturated heterocycles. The summed E-state index contributed by atoms with van der Waals surface area (Å²) in [6.07, 6.45) is -0.190. The van der Waals surface area contributed by atoms with Crippen molar-refractivity contribution < 1.29 is 14.2 Å². The van der Waals surface area contributed by atoms with Crippen molar-refractivity contribution in [3.8, 4) is 0 Å². The van der Waals surface area contributed by atoms with E-state index in [0.29, 0.717) is 12.5 Å². The predicted molar refractivity (Wildman–Crippen MR) is 95.1 cm³/mol. The van der Waals surface area contributed by atoms with Crippen molar-refractivity contribution in [1.29, 1.82) is 0 Å². The van der Waals surface area contributed by atoms with Crippen LogP contribution in [0, 0.1) is 0 Å². The number of epoxide rings is 1. The van der Waals surface area contributed by atoms with Crippen LogP contribution < -0.4 is 0 Å². The van der Waals surface area contributed by atoms with E-state index in [1.165, 1.54) is 0 Å². The van der Waals surface area contributed by atoms with Crippen LogP contribution in [0.25, 0.3) is 0 Å². The van der Waals surface area contributed by atoms with E-state index < -0.39 is 0 Å². The van der Waals surface area contributed by atoms with Crippen LogP contribution in [0.1, 0.15) is 23.3 Å². The number of benzene rings is 2. The minimum Gasteiger partial charge on any atom is -0.468 e. The fraction of sp³-hybridized carbons (Fsp3) is 0.316. The van der Waals surface area contributed by atoms with Crippen LogP contribution in [0.3, 0.4) is 0 Å². The molecule has 0 spiro atoms. The zero-order chi connectivity index (χ0) is 16.5. The molecule has 0 saturated carbocycles. The highest BCUT2D eigenvalue weighted by Crippen LogP contribution is 2.43. The molecule has 2 heterocycles. The molecule has 0 radical (unpaired) electrons. The van der Waals surface area contributed by atoms with Gasteiger partial charge in [0.15, 0.2) is 6.10 Å². The molecule has 0 unspecified atom stereocenters. The lowest BCUT2D eigenvalue weighted by molar-refractivity contribution is 0.118. The van der Waals surface area contributed by atoms with Crippen molar-refractivity contribution in [2.45, 2.75) is 24.4 Å². The first-order valence-corrected chi connectivity index (χ1v) is 8.74. The van der Waals surface area contributed by atoms with Gasteiger partial charge < -0.3 is 14.2 Å². The lowest BCUT2D eigenvalue weighted by atomic mass is 10.0. The Kier molecular flexibility index (Phi) is 4.39. The highest BCUT2D eigenvalue weighted by molar-refractivity contribution is 9.10. The molecule has 2 aliphatic heterocycles. The molecule has 2 aromatic rings. The largest absolute Gasteiger partial charge is 0.468 e. The summed E-state index contributed by atoms with van der Waals surface area (Å²) in [6, 6.07) is 18.3. The summed E-state index contributed by atoms with van der Waals surface area (Å²) in [5.41, 5.74) is 2.25. The van der Waals surface area contributed by atoms with Crippen molar-refractivity contribution in [2.75, 3.05) is 13.7 Å². The van der Waals surface area contributed by atoms with E-state index in [1.807, 2.05) is 30.3 Å². The monoisotopic (exact) mass is 387 g/mol. The Bertz CT molecular complexity index is 732. The van der Waals surface area contributed by atoms with Gasteiger partial charge in [-0.15, -0.1) is 0 Å². The van der Waals surface area contributed by atoms with Crippen molar-refractivity contribution in [2.24, 2.45) is 4.99 Å². The van der Waals surface area contributed by atoms with E-state index in [0.717, 1.165) is 15.6 Å². The second-order valence-electron chi connectivity index (χ2n) is 5.97. The van der Waals surface area contributed by atoms with Gasteiger partial charge in [0.05, 0.1) is 6.61 Å². The maximum Gasteiger partial charge on any atom is 0.217 e. The van der Waals surface area contributed by atoms with Gasteiger partial charge in [-0.2, -0.15) is 0 Å². The molecule has 4 nitrogen and oxygen atoms in total. The minimum atomic E-state index is -0.115. The van der Waals surface area contributed by atoms with Crippen LogP contribution in [0.5, 0.6) is 0 Å². The third-order valence-corrected chi connectivity index (χ3v) is 4.82. The van der Waals surface area contributed by atoms with Gasteiger partial charge in [-0.05, 0) is 23.3 Å². The summed E-state index contributed by atoms with van der Waals surface area (Å²) in [7, 11) is 1.69. The van der Waals surface area contributed by atoms with E-state index >= 15 is 0 Å². The second-order valence-corrected chi connectivity index (χ2v) is 6.88. The average molecular weight is 388 g/mol. The van der Waals surface area contributed by atoms with Gasteiger partial charge in [0.1, 0.15) is 18.2 Å². The Morgan fingerprint density at radius 1 is 0.958 bits per heavy atom. The molecule has 0 N–H and O–H groups in total. The van der Waals surface area contributed by atoms with Gasteiger partial charge in [0.2, 0.25) is 5.90 Å². The number of nitrogens with zero attached hydrogens (tertiary/aromatic N) is 1. The highest BCUT2D eigenvalue weighted by atomic mass is 79.9. The zero-order valence-corrected chi connectivity index (χ0v) is 14.8. The Balaban J connectivity index is 1.50. The standard InChI is InChI=1S/C19H18BrNO3/c1-22-11-15-16(12-5-3-2-4-6-12)24-19(21-15)18-17(23-18)13-7-9-14(20)10-8-13/h2-10,15-18H,11H2,1H3/t15-,16-,17+,18-/m0/s1. The maximum atomic E-state index is 6.15. The van der Waals surface area contributed by atoms with E-state index in [9.17, 15) is 0 Å². The fourth-order valence-corrected chi connectivity index (χ4v) is 3.31. The van der Waals surface area contributed by atoms with Crippen LogP contribution in [0.15, 0.2) is 64.1 Å². The number of rotatable bonds is 5. The first kappa shape index (κ1) is 15.8. The molecular weight excluding hydrogens is 370 g/mol. The normalized spacial score (nSPS) is 28.3. The number of hydrogen-bond acceptors (Lipinski definition) is 4. The number of halogens is 1. The molecule has 1 fully saturated rings. The maximum absolute atomic E-state index is 6.15. The van der Waals surface area contributed by atoms with Gasteiger partial charge >= 0.3 is 0 Å². The fourth-order valence-electron chi connectivity index (χ4n) is 3.05. The molecule has 4 atom stereocenters. The molecule has 0 aromatic heterocycles. The molecular formula is C19H18BrNO3. The summed E-state index contributed by atoms with van der Waals surface area (Å²) in [5, 5.41) is 0. The summed E-state index contributed by atoms with van der Waals surface area (Å²) in [5.74, 6) is 0.679. The number of aliphatic imine (C=N–C) groups is 1. The SMILES string of the molecule is COC[C@@H]1N=C([C@H]2O[C@@H]2c2ccc(Br)cc2)O[C@H]1c1ccccc1. The van der Waals surface area contributed by atoms with Crippen LogP contribution in [0.2, 0.25) is 0 Å². The molecule has 24 heavy (non-hydrogen) atoms. The van der Waals surface area contributed by atoms with Gasteiger partial charge in [0, 0.05) is 11.6 Å². The van der Waals surface area contributed by atoms with Gasteiger partial charge in [-0.1, -0.05) is 58.4 Å². The number of ether oxygens (including phenoxy) is 3. The molecule has 2 aromatic carbocycles. The smallest absolute Gasteiger partial charge is 0.217 e. The van der Waals surface area contributed by atoms with E-state index in [-0.39, 0.29) is 24.4 Å². The molecule has 0 bridgehead atoms. The van der Waals surface area contributed by atoms with Crippen molar-refractivity contribution in [3.05, 3.63) is 70.2 Å². The first-order valence-electron chi connectivity index (χ1n) is 7.95. The third kappa shape index (κ3) is 3.11. The Morgan fingerprint density at radius 3 is 2.38 bits per heavy atom. The lowest BCUT2D eigenvalue weighted by Gasteiger charge is -2.17. The van der Waals surface area contributed by atoms with Crippen LogP contribution in [0.4, 0.5) is 0 Å². The van der Waals surface area contributed by atoms with Crippen LogP contribution in [-0.2, 0) is 14.2 Å². The summed E-state index contributed by atoms with van der Waals surface area (Å²) in [4.78, 5) is 4.73. The van der Waals surface area contributed by atoms with Crippen molar-refractivity contribution in [3.63, 3.8) is 0 Å². The van der Waals surface area contributed by atoms with Gasteiger partial charge in [0.25, 0.3) is 0 Å². The number of methoxy groups -OCH3 is 1. The van der Waals surface area contributed by atoms with Crippen LogP contribution in [-0.4, -0.2) is 31.8 Å². The van der Waals surface area contributed by atoms with Crippen molar-refractivity contribution in [1.82, 2.24) is 0 Å². The number of hydrogen-bond donors (Lipinski definition) is 0. The molecule has 0 amide bonds. The molecule has 2 aliphatic rings. The third-order valence-electron chi connectivity index (χ3n) is 4.29. The van der Waals surface area contributed by atoms with E-state index in [1.54, 1.807) is 7.11 Å². The Labute approximate surface area is 149 Å². The summed E-state index contributed by atoms with van der Waals surface area (Å²) < 4.78 is 18.3. The summed E-state index contributed by atoms with van der Waals surface area (Å²) in [6.45, 7) is 0.527. The molecule has 4 rings (SSSR count). The highest BCUT2D eigenvalue weighted by Gasteiger charge is 2.49. The Morgan fingerprint density at radius 2 is 1.67 bits per heavy atom. The Hall–Kier alpha value is -1.69. The molecule has 124 valence electrons. The van der Waals surface area contributed by atoms with E-state index in [2.05, 4.69) is 40.2 Å². The topological polar surface area (TPSA) is 43.3 Å². The molecule has 5 heteroatoms. The minimum absolute atomic E-state index is 0.0227. The zero-order valence-electron chi connectivity index (χ0n) is 13.3. The first-order chi connectivity index (χ1) is 11.8. The van der Waals surface area contributed by atoms with Gasteiger partial charge in [-0.25, -0.2) is 4.99 Å². The lowest BCUT2D eigenvalue weighted by Crippen LogP contribution is -2.19.